The third kappa shape index (κ3) is 1.94. The molecule has 2 fully saturated rings. The lowest BCUT2D eigenvalue weighted by Crippen LogP contribution is -2.59. The van der Waals surface area contributed by atoms with Gasteiger partial charge in [0.15, 0.2) is 0 Å². The highest BCUT2D eigenvalue weighted by Crippen LogP contribution is 2.32. The third-order valence-electron chi connectivity index (χ3n) is 3.43. The number of nitrogens with one attached hydrogen (secondary N) is 1. The van der Waals surface area contributed by atoms with E-state index in [0.29, 0.717) is 12.4 Å². The normalized spacial score (nSPS) is 24.6. The van der Waals surface area contributed by atoms with Gasteiger partial charge in [-0.2, -0.15) is 5.26 Å². The van der Waals surface area contributed by atoms with Crippen molar-refractivity contribution in [3.05, 3.63) is 29.6 Å². The van der Waals surface area contributed by atoms with E-state index in [4.69, 9.17) is 14.7 Å². The molecule has 1 spiro atoms. The van der Waals surface area contributed by atoms with E-state index >= 15 is 0 Å². The van der Waals surface area contributed by atoms with Crippen molar-refractivity contribution in [2.75, 3.05) is 19.7 Å². The van der Waals surface area contributed by atoms with Gasteiger partial charge in [-0.25, -0.2) is 4.39 Å². The fourth-order valence-corrected chi connectivity index (χ4v) is 2.40. The van der Waals surface area contributed by atoms with Gasteiger partial charge in [-0.15, -0.1) is 0 Å². The Morgan fingerprint density at radius 2 is 2.33 bits per heavy atom. The Balaban J connectivity index is 1.72. The maximum atomic E-state index is 13.0. The minimum Gasteiger partial charge on any atom is -0.487 e. The van der Waals surface area contributed by atoms with E-state index in [-0.39, 0.29) is 17.3 Å². The number of rotatable bonds is 2. The number of nitriles is 1. The maximum Gasteiger partial charge on any atom is 0.137 e. The summed E-state index contributed by atoms with van der Waals surface area (Å²) in [7, 11) is 0. The Bertz CT molecular complexity index is 508. The summed E-state index contributed by atoms with van der Waals surface area (Å²) >= 11 is 0. The molecule has 2 saturated heterocycles. The number of ether oxygens (including phenoxy) is 2. The molecule has 1 unspecified atom stereocenters. The standard InChI is InChI=1S/C13H13FN2O2/c14-10-1-2-12(9(3-10)5-15)18-11-4-13(17-6-11)7-16-8-13/h1-3,11,16H,4,6-8H2. The molecule has 0 saturated carbocycles. The van der Waals surface area contributed by atoms with E-state index < -0.39 is 5.82 Å². The summed E-state index contributed by atoms with van der Waals surface area (Å²) in [5.74, 6) is -0.00179. The molecule has 0 amide bonds. The Kier molecular flexibility index (Phi) is 2.69. The third-order valence-corrected chi connectivity index (χ3v) is 3.43. The molecule has 2 heterocycles. The summed E-state index contributed by atoms with van der Waals surface area (Å²) in [6, 6.07) is 5.92. The van der Waals surface area contributed by atoms with E-state index in [2.05, 4.69) is 5.32 Å². The fourth-order valence-electron chi connectivity index (χ4n) is 2.40. The lowest BCUT2D eigenvalue weighted by molar-refractivity contribution is -0.0368. The molecular formula is C13H13FN2O2. The fraction of sp³-hybridized carbons (Fsp3) is 0.462. The lowest BCUT2D eigenvalue weighted by atomic mass is 9.93. The van der Waals surface area contributed by atoms with Crippen LogP contribution in [0.2, 0.25) is 0 Å². The van der Waals surface area contributed by atoms with E-state index in [1.807, 2.05) is 6.07 Å². The molecule has 1 aromatic rings. The van der Waals surface area contributed by atoms with Gasteiger partial charge in [-0.05, 0) is 18.2 Å². The first-order valence-electron chi connectivity index (χ1n) is 5.92. The van der Waals surface area contributed by atoms with Gasteiger partial charge in [0.05, 0.1) is 17.8 Å². The molecule has 1 N–H and O–H groups in total. The van der Waals surface area contributed by atoms with Crippen molar-refractivity contribution in [2.45, 2.75) is 18.1 Å². The average molecular weight is 248 g/mol. The largest absolute Gasteiger partial charge is 0.487 e. The minimum atomic E-state index is -0.429. The summed E-state index contributed by atoms with van der Waals surface area (Å²) in [5, 5.41) is 12.1. The summed E-state index contributed by atoms with van der Waals surface area (Å²) in [6.45, 7) is 2.21. The molecule has 1 atom stereocenters. The second kappa shape index (κ2) is 4.23. The number of hydrogen-bond donors (Lipinski definition) is 1. The van der Waals surface area contributed by atoms with Crippen LogP contribution in [-0.2, 0) is 4.74 Å². The van der Waals surface area contributed by atoms with Crippen LogP contribution in [-0.4, -0.2) is 31.4 Å². The lowest BCUT2D eigenvalue weighted by Gasteiger charge is -2.37. The van der Waals surface area contributed by atoms with Gasteiger partial charge < -0.3 is 14.8 Å². The Hall–Kier alpha value is -1.64. The molecule has 0 aliphatic carbocycles. The van der Waals surface area contributed by atoms with Gasteiger partial charge in [-0.1, -0.05) is 0 Å². The predicted octanol–water partition coefficient (Wildman–Crippen LogP) is 1.21. The molecule has 94 valence electrons. The quantitative estimate of drug-likeness (QED) is 0.854. The second-order valence-corrected chi connectivity index (χ2v) is 4.79. The van der Waals surface area contributed by atoms with E-state index in [1.54, 1.807) is 0 Å². The zero-order valence-electron chi connectivity index (χ0n) is 9.78. The molecule has 2 aliphatic heterocycles. The second-order valence-electron chi connectivity index (χ2n) is 4.79. The van der Waals surface area contributed by atoms with Crippen molar-refractivity contribution < 1.29 is 13.9 Å². The molecule has 0 bridgehead atoms. The van der Waals surface area contributed by atoms with Gasteiger partial charge >= 0.3 is 0 Å². The van der Waals surface area contributed by atoms with Crippen molar-refractivity contribution in [3.8, 4) is 11.8 Å². The van der Waals surface area contributed by atoms with E-state index in [1.165, 1.54) is 18.2 Å². The molecule has 2 aliphatic rings. The Morgan fingerprint density at radius 3 is 2.94 bits per heavy atom. The van der Waals surface area contributed by atoms with Crippen molar-refractivity contribution in [1.82, 2.24) is 5.32 Å². The molecule has 0 aromatic heterocycles. The van der Waals surface area contributed by atoms with Crippen molar-refractivity contribution in [2.24, 2.45) is 0 Å². The van der Waals surface area contributed by atoms with Crippen molar-refractivity contribution in [3.63, 3.8) is 0 Å². The van der Waals surface area contributed by atoms with Gasteiger partial charge in [0.25, 0.3) is 0 Å². The van der Waals surface area contributed by atoms with Crippen LogP contribution in [0.1, 0.15) is 12.0 Å². The molecule has 4 nitrogen and oxygen atoms in total. The van der Waals surface area contributed by atoms with Crippen molar-refractivity contribution in [1.29, 1.82) is 5.26 Å². The highest BCUT2D eigenvalue weighted by atomic mass is 19.1. The van der Waals surface area contributed by atoms with E-state index in [9.17, 15) is 4.39 Å². The van der Waals surface area contributed by atoms with Crippen LogP contribution in [0.15, 0.2) is 18.2 Å². The van der Waals surface area contributed by atoms with Crippen molar-refractivity contribution >= 4 is 0 Å². The summed E-state index contributed by atoms with van der Waals surface area (Å²) in [6.07, 6.45) is 0.743. The molecule has 3 rings (SSSR count). The van der Waals surface area contributed by atoms with Crippen LogP contribution in [0.5, 0.6) is 5.75 Å². The van der Waals surface area contributed by atoms with Crippen LogP contribution < -0.4 is 10.1 Å². The van der Waals surface area contributed by atoms with Crippen LogP contribution >= 0.6 is 0 Å². The predicted molar refractivity (Wildman–Crippen MR) is 61.7 cm³/mol. The molecule has 1 aromatic carbocycles. The van der Waals surface area contributed by atoms with E-state index in [0.717, 1.165) is 19.5 Å². The highest BCUT2D eigenvalue weighted by Gasteiger charge is 2.46. The first kappa shape index (κ1) is 11.5. The van der Waals surface area contributed by atoms with Crippen LogP contribution in [0, 0.1) is 17.1 Å². The minimum absolute atomic E-state index is 0.0651. The number of halogens is 1. The first-order valence-corrected chi connectivity index (χ1v) is 5.92. The van der Waals surface area contributed by atoms with Crippen LogP contribution in [0.25, 0.3) is 0 Å². The SMILES string of the molecule is N#Cc1cc(F)ccc1OC1COC2(CNC2)C1. The van der Waals surface area contributed by atoms with Gasteiger partial charge in [-0.3, -0.25) is 0 Å². The zero-order valence-corrected chi connectivity index (χ0v) is 9.78. The summed E-state index contributed by atoms with van der Waals surface area (Å²) < 4.78 is 24.5. The molecular weight excluding hydrogens is 235 g/mol. The van der Waals surface area contributed by atoms with Crippen LogP contribution in [0.3, 0.4) is 0 Å². The highest BCUT2D eigenvalue weighted by molar-refractivity contribution is 5.43. The number of hydrogen-bond acceptors (Lipinski definition) is 4. The Morgan fingerprint density at radius 1 is 1.50 bits per heavy atom. The van der Waals surface area contributed by atoms with Gasteiger partial charge in [0.2, 0.25) is 0 Å². The molecule has 18 heavy (non-hydrogen) atoms. The number of nitrogens with zero attached hydrogens (tertiary/aromatic N) is 1. The molecule has 5 heteroatoms. The zero-order chi connectivity index (χ0) is 12.6. The topological polar surface area (TPSA) is 54.3 Å². The number of benzene rings is 1. The van der Waals surface area contributed by atoms with Crippen LogP contribution in [0.4, 0.5) is 4.39 Å². The van der Waals surface area contributed by atoms with Gasteiger partial charge in [0.1, 0.15) is 23.7 Å². The average Bonchev–Trinajstić information content (AvgIpc) is 2.75. The summed E-state index contributed by atoms with van der Waals surface area (Å²) in [4.78, 5) is 0. The first-order chi connectivity index (χ1) is 8.71. The molecule has 0 radical (unpaired) electrons. The summed E-state index contributed by atoms with van der Waals surface area (Å²) in [5.41, 5.74) is 0.139. The Labute approximate surface area is 104 Å². The van der Waals surface area contributed by atoms with Gasteiger partial charge in [0, 0.05) is 19.5 Å². The smallest absolute Gasteiger partial charge is 0.137 e. The maximum absolute atomic E-state index is 13.0. The monoisotopic (exact) mass is 248 g/mol.